The Labute approximate surface area is 602 Å². The van der Waals surface area contributed by atoms with Gasteiger partial charge in [0.2, 0.25) is 0 Å². The molecule has 10 N–H and O–H groups in total. The summed E-state index contributed by atoms with van der Waals surface area (Å²) in [5.41, 5.74) is 2.96. The third kappa shape index (κ3) is 20.6. The third-order valence-electron chi connectivity index (χ3n) is 17.9. The fraction of sp³-hybridized carbons (Fsp3) is 0.471. The minimum atomic E-state index is -4.66. The normalized spacial score (nSPS) is 18.9. The van der Waals surface area contributed by atoms with Crippen molar-refractivity contribution in [2.75, 3.05) is 29.6 Å². The molecule has 0 bridgehead atoms. The number of rotatable bonds is 14. The van der Waals surface area contributed by atoms with Crippen LogP contribution in [0.3, 0.4) is 0 Å². The van der Waals surface area contributed by atoms with E-state index < -0.39 is 75.9 Å². The second-order valence-electron chi connectivity index (χ2n) is 27.1. The number of thiazole rings is 3. The Kier molecular flexibility index (Phi) is 25.8. The number of carboxylic acids is 1. The van der Waals surface area contributed by atoms with Crippen LogP contribution in [0.2, 0.25) is 0 Å². The summed E-state index contributed by atoms with van der Waals surface area (Å²) >= 11 is 4.71. The third-order valence-corrected chi connectivity index (χ3v) is 21.5. The molecular formula is C70H79F9N12O10S3. The molecule has 3 fully saturated rings. The number of hydrogen-bond acceptors (Lipinski definition) is 22. The highest BCUT2D eigenvalue weighted by molar-refractivity contribution is 7.19. The van der Waals surface area contributed by atoms with Crippen molar-refractivity contribution < 1.29 is 89.3 Å². The number of anilines is 3. The van der Waals surface area contributed by atoms with Crippen LogP contribution >= 0.6 is 34.0 Å². The summed E-state index contributed by atoms with van der Waals surface area (Å²) in [5, 5.41) is 85.5. The average molecular weight is 1520 g/mol. The highest BCUT2D eigenvalue weighted by Crippen LogP contribution is 2.45. The van der Waals surface area contributed by atoms with Gasteiger partial charge in [-0.2, -0.15) is 39.5 Å². The standard InChI is InChI=1S/C23H25F3N4O3S.C23H23F3N4O3S.C17H24N2O2S.C6H3F3N2O2.CH4/c2*1-22(2,33)14-9-17-18(34-21(28-17)13-5-3-12(11-31)4-6-13)10-16(14)27-20(32)15-7-8-19(30-29-15)23(24,25)26;1-17(2,21)12-7-14-15(8-13(12)18)22-16(19-14)11-5-3-10(9-20)4-6-11;7-6(8,9)4-2-1-3(5(12)13)10-11-4;/h7-10,12-13,31,33H,3-6,11H2,1-2H3,(H,27,32);7-13,33H,3-6H2,1-2H3,(H,27,32);7-8,10-11,20-21H,3-6,9,18H2,1-2H3;1-2H,(H,12,13);1H4. The maximum absolute atomic E-state index is 12.7. The van der Waals surface area contributed by atoms with Crippen LogP contribution in [0.15, 0.2) is 72.8 Å². The lowest BCUT2D eigenvalue weighted by molar-refractivity contribution is -0.142. The van der Waals surface area contributed by atoms with Gasteiger partial charge in [-0.15, -0.1) is 64.6 Å². The lowest BCUT2D eigenvalue weighted by Crippen LogP contribution is -2.22. The van der Waals surface area contributed by atoms with Crippen LogP contribution in [-0.4, -0.2) is 113 Å². The van der Waals surface area contributed by atoms with Crippen molar-refractivity contribution in [1.82, 2.24) is 45.5 Å². The monoisotopic (exact) mass is 1510 g/mol. The van der Waals surface area contributed by atoms with E-state index in [4.69, 9.17) is 25.8 Å². The topological polar surface area (TPSA) is 356 Å². The molecule has 0 atom stereocenters. The van der Waals surface area contributed by atoms with Crippen molar-refractivity contribution in [2.45, 2.75) is 179 Å². The van der Waals surface area contributed by atoms with E-state index in [2.05, 4.69) is 41.2 Å². The van der Waals surface area contributed by atoms with Crippen molar-refractivity contribution >= 4 is 106 Å². The SMILES string of the molecule is C.CC(C)(O)c1cc2nc(C3CCC(C=O)CC3)sc2cc1NC(=O)c1ccc(C(F)(F)F)nn1.CC(C)(O)c1cc2nc(C3CCC(CO)CC3)sc2cc1N.CC(C)(O)c1cc2nc(C3CCC(CO)CC3)sc2cc1NC(=O)c1ccc(C(F)(F)F)nn1.O=C(O)c1ccc(C(F)(F)F)nn1. The number of benzene rings is 3. The first-order valence-electron chi connectivity index (χ1n) is 32.7. The van der Waals surface area contributed by atoms with Gasteiger partial charge in [0.15, 0.2) is 34.2 Å². The first-order valence-corrected chi connectivity index (χ1v) is 35.2. The van der Waals surface area contributed by atoms with Crippen molar-refractivity contribution in [3.05, 3.63) is 139 Å². The summed E-state index contributed by atoms with van der Waals surface area (Å²) in [4.78, 5) is 60.9. The Morgan fingerprint density at radius 2 is 0.779 bits per heavy atom. The quantitative estimate of drug-likeness (QED) is 0.0277. The number of halogens is 9. The van der Waals surface area contributed by atoms with Crippen LogP contribution in [-0.2, 0) is 40.1 Å². The van der Waals surface area contributed by atoms with Gasteiger partial charge in [-0.25, -0.2) is 19.7 Å². The molecule has 12 rings (SSSR count). The number of amides is 2. The zero-order chi connectivity index (χ0) is 75.3. The molecule has 0 saturated heterocycles. The van der Waals surface area contributed by atoms with Crippen LogP contribution in [0.1, 0.15) is 224 Å². The minimum absolute atomic E-state index is 0. The molecule has 2 amide bonds. The number of carbonyl (C=O) groups is 4. The lowest BCUT2D eigenvalue weighted by Gasteiger charge is -2.25. The van der Waals surface area contributed by atoms with E-state index in [-0.39, 0.29) is 37.3 Å². The Morgan fingerprint density at radius 1 is 0.471 bits per heavy atom. The number of aliphatic hydroxyl groups excluding tert-OH is 2. The summed E-state index contributed by atoms with van der Waals surface area (Å²) in [6.45, 7) is 10.3. The highest BCUT2D eigenvalue weighted by atomic mass is 32.1. The van der Waals surface area contributed by atoms with E-state index in [1.54, 1.807) is 77.1 Å². The van der Waals surface area contributed by atoms with Crippen LogP contribution in [0.25, 0.3) is 30.6 Å². The van der Waals surface area contributed by atoms with Crippen molar-refractivity contribution in [3.8, 4) is 0 Å². The molecule has 104 heavy (non-hydrogen) atoms. The predicted molar refractivity (Wildman–Crippen MR) is 374 cm³/mol. The summed E-state index contributed by atoms with van der Waals surface area (Å²) in [6, 6.07) is 15.3. The van der Waals surface area contributed by atoms with E-state index in [1.807, 2.05) is 12.1 Å². The zero-order valence-electron chi connectivity index (χ0n) is 56.4. The van der Waals surface area contributed by atoms with E-state index in [9.17, 15) is 84.2 Å². The average Bonchev–Trinajstić information content (AvgIpc) is 1.65. The second kappa shape index (κ2) is 33.0. The predicted octanol–water partition coefficient (Wildman–Crippen LogP) is 15.1. The van der Waals surface area contributed by atoms with E-state index in [0.717, 1.165) is 137 Å². The van der Waals surface area contributed by atoms with Gasteiger partial charge in [-0.05, 0) is 203 Å². The van der Waals surface area contributed by atoms with Gasteiger partial charge in [0.25, 0.3) is 11.8 Å². The molecule has 3 aliphatic rings. The lowest BCUT2D eigenvalue weighted by atomic mass is 9.83. The number of nitrogens with zero attached hydrogens (tertiary/aromatic N) is 9. The Hall–Kier alpha value is -8.38. The number of aliphatic hydroxyl groups is 5. The van der Waals surface area contributed by atoms with E-state index >= 15 is 0 Å². The Bertz CT molecular complexity index is 4460. The van der Waals surface area contributed by atoms with Gasteiger partial charge < -0.3 is 51.8 Å². The number of nitrogen functional groups attached to an aromatic ring is 1. The highest BCUT2D eigenvalue weighted by Gasteiger charge is 2.37. The number of hydrogen-bond donors (Lipinski definition) is 9. The summed E-state index contributed by atoms with van der Waals surface area (Å²) in [5.74, 6) is -0.964. The molecular weight excluding hydrogens is 1440 g/mol. The maximum Gasteiger partial charge on any atom is 0.435 e. The fourth-order valence-corrected chi connectivity index (χ4v) is 15.6. The molecule has 3 saturated carbocycles. The fourth-order valence-electron chi connectivity index (χ4n) is 12.1. The number of fused-ring (bicyclic) bond motifs is 3. The molecule has 0 spiro atoms. The number of alkyl halides is 9. The van der Waals surface area contributed by atoms with Crippen LogP contribution in [0, 0.1) is 17.8 Å². The van der Waals surface area contributed by atoms with Crippen LogP contribution < -0.4 is 16.4 Å². The Morgan fingerprint density at radius 3 is 1.06 bits per heavy atom. The van der Waals surface area contributed by atoms with Gasteiger partial charge >= 0.3 is 24.5 Å². The zero-order valence-corrected chi connectivity index (χ0v) is 58.9. The number of carboxylic acid groups (broad SMARTS) is 1. The number of aromatic carboxylic acids is 1. The van der Waals surface area contributed by atoms with Crippen molar-refractivity contribution in [3.63, 3.8) is 0 Å². The van der Waals surface area contributed by atoms with Gasteiger partial charge in [-0.3, -0.25) is 9.59 Å². The molecule has 6 aromatic heterocycles. The van der Waals surface area contributed by atoms with Gasteiger partial charge in [0, 0.05) is 70.6 Å². The molecule has 34 heteroatoms. The molecule has 3 aromatic carbocycles. The number of carbonyl (C=O) groups excluding carboxylic acids is 3. The summed E-state index contributed by atoms with van der Waals surface area (Å²) < 4.78 is 115. The van der Waals surface area contributed by atoms with Gasteiger partial charge in [0.1, 0.15) is 6.29 Å². The van der Waals surface area contributed by atoms with Crippen LogP contribution in [0.4, 0.5) is 56.6 Å². The van der Waals surface area contributed by atoms with Crippen molar-refractivity contribution in [1.29, 1.82) is 0 Å². The van der Waals surface area contributed by atoms with E-state index in [0.29, 0.717) is 87.7 Å². The van der Waals surface area contributed by atoms with Crippen molar-refractivity contribution in [2.24, 2.45) is 17.8 Å². The molecule has 560 valence electrons. The van der Waals surface area contributed by atoms with Gasteiger partial charge in [0.05, 0.1) is 62.5 Å². The first-order chi connectivity index (χ1) is 48.2. The first kappa shape index (κ1) is 81.3. The molecule has 0 unspecified atom stereocenters. The molecule has 3 aliphatic carbocycles. The summed E-state index contributed by atoms with van der Waals surface area (Å²) in [7, 11) is 0. The molecule has 6 heterocycles. The molecule has 0 radical (unpaired) electrons. The second-order valence-corrected chi connectivity index (χ2v) is 30.3. The van der Waals surface area contributed by atoms with Gasteiger partial charge in [-0.1, -0.05) is 7.43 Å². The smallest absolute Gasteiger partial charge is 0.435 e. The maximum atomic E-state index is 12.7. The van der Waals surface area contributed by atoms with E-state index in [1.165, 1.54) is 27.7 Å². The number of aromatic nitrogens is 9. The van der Waals surface area contributed by atoms with Crippen LogP contribution in [0.5, 0.6) is 0 Å². The number of nitrogens with two attached hydrogens (primary N) is 1. The Balaban J connectivity index is 0.000000184. The number of aldehydes is 1. The molecule has 9 aromatic rings. The minimum Gasteiger partial charge on any atom is -0.476 e. The summed E-state index contributed by atoms with van der Waals surface area (Å²) in [6.07, 6.45) is -1.36. The molecule has 22 nitrogen and oxygen atoms in total. The largest absolute Gasteiger partial charge is 0.476 e. The number of nitrogens with one attached hydrogen (secondary N) is 2. The molecule has 0 aliphatic heterocycles.